The molecule has 3 heteroatoms. The van der Waals surface area contributed by atoms with Gasteiger partial charge in [0.25, 0.3) is 0 Å². The predicted octanol–water partition coefficient (Wildman–Crippen LogP) is 2.66. The van der Waals surface area contributed by atoms with Gasteiger partial charge in [-0.05, 0) is 37.0 Å². The van der Waals surface area contributed by atoms with Crippen LogP contribution in [0.5, 0.6) is 5.75 Å². The van der Waals surface area contributed by atoms with Gasteiger partial charge in [-0.15, -0.1) is 0 Å². The van der Waals surface area contributed by atoms with Crippen LogP contribution in [0.1, 0.15) is 37.7 Å². The maximum Gasteiger partial charge on any atom is 0.120 e. The summed E-state index contributed by atoms with van der Waals surface area (Å²) < 4.78 is 11.9. The molecule has 0 bridgehead atoms. The van der Waals surface area contributed by atoms with Crippen molar-refractivity contribution in [1.29, 1.82) is 0 Å². The van der Waals surface area contributed by atoms with Crippen molar-refractivity contribution in [3.05, 3.63) is 29.8 Å². The molecule has 1 aliphatic carbocycles. The van der Waals surface area contributed by atoms with Crippen LogP contribution in [0.3, 0.4) is 0 Å². The lowest BCUT2D eigenvalue weighted by Gasteiger charge is -2.46. The first kappa shape index (κ1) is 12.0. The SMILES string of the molecule is OCc1cccc(OC2CCOC3(CCC3)C2)c1. The third kappa shape index (κ3) is 2.38. The van der Waals surface area contributed by atoms with Crippen molar-refractivity contribution in [1.82, 2.24) is 0 Å². The number of aliphatic hydroxyl groups excluding tert-OH is 1. The summed E-state index contributed by atoms with van der Waals surface area (Å²) in [5.74, 6) is 0.864. The Labute approximate surface area is 108 Å². The third-order valence-electron chi connectivity index (χ3n) is 4.10. The number of ether oxygens (including phenoxy) is 2. The molecule has 18 heavy (non-hydrogen) atoms. The maximum absolute atomic E-state index is 9.12. The first-order valence-corrected chi connectivity index (χ1v) is 6.80. The number of hydrogen-bond acceptors (Lipinski definition) is 3. The standard InChI is InChI=1S/C15H20O3/c16-11-12-3-1-4-13(9-12)18-14-5-8-17-15(10-14)6-2-7-15/h1,3-4,9,14,16H,2,5-8,10-11H2. The van der Waals surface area contributed by atoms with E-state index in [4.69, 9.17) is 14.6 Å². The Hall–Kier alpha value is -1.06. The van der Waals surface area contributed by atoms with E-state index in [-0.39, 0.29) is 18.3 Å². The highest BCUT2D eigenvalue weighted by Gasteiger charge is 2.43. The highest BCUT2D eigenvalue weighted by Crippen LogP contribution is 2.43. The molecule has 1 saturated carbocycles. The molecule has 3 rings (SSSR count). The molecule has 1 aromatic carbocycles. The van der Waals surface area contributed by atoms with E-state index in [1.54, 1.807) is 0 Å². The highest BCUT2D eigenvalue weighted by atomic mass is 16.5. The van der Waals surface area contributed by atoms with Gasteiger partial charge in [0.05, 0.1) is 18.8 Å². The summed E-state index contributed by atoms with van der Waals surface area (Å²) >= 11 is 0. The summed E-state index contributed by atoms with van der Waals surface area (Å²) in [5, 5.41) is 9.12. The Morgan fingerprint density at radius 1 is 1.39 bits per heavy atom. The molecule has 2 fully saturated rings. The fraction of sp³-hybridized carbons (Fsp3) is 0.600. The number of rotatable bonds is 3. The molecule has 0 radical (unpaired) electrons. The predicted molar refractivity (Wildman–Crippen MR) is 68.5 cm³/mol. The zero-order chi connectivity index (χ0) is 12.4. The van der Waals surface area contributed by atoms with Crippen LogP contribution >= 0.6 is 0 Å². The zero-order valence-corrected chi connectivity index (χ0v) is 10.6. The Morgan fingerprint density at radius 3 is 3.00 bits per heavy atom. The van der Waals surface area contributed by atoms with Gasteiger partial charge < -0.3 is 14.6 Å². The summed E-state index contributed by atoms with van der Waals surface area (Å²) in [6, 6.07) is 7.72. The largest absolute Gasteiger partial charge is 0.490 e. The first-order valence-electron chi connectivity index (χ1n) is 6.80. The Kier molecular flexibility index (Phi) is 3.27. The molecule has 1 heterocycles. The lowest BCUT2D eigenvalue weighted by atomic mass is 9.74. The van der Waals surface area contributed by atoms with Gasteiger partial charge in [-0.2, -0.15) is 0 Å². The Morgan fingerprint density at radius 2 is 2.28 bits per heavy atom. The lowest BCUT2D eigenvalue weighted by Crippen LogP contribution is -2.48. The van der Waals surface area contributed by atoms with Gasteiger partial charge in [-0.3, -0.25) is 0 Å². The van der Waals surface area contributed by atoms with E-state index >= 15 is 0 Å². The summed E-state index contributed by atoms with van der Waals surface area (Å²) in [6.07, 6.45) is 5.88. The summed E-state index contributed by atoms with van der Waals surface area (Å²) in [4.78, 5) is 0. The van der Waals surface area contributed by atoms with Gasteiger partial charge in [0, 0.05) is 12.8 Å². The normalized spacial score (nSPS) is 25.7. The zero-order valence-electron chi connectivity index (χ0n) is 10.6. The maximum atomic E-state index is 9.12. The average molecular weight is 248 g/mol. The molecule has 1 N–H and O–H groups in total. The van der Waals surface area contributed by atoms with Crippen molar-refractivity contribution < 1.29 is 14.6 Å². The summed E-state index contributed by atoms with van der Waals surface area (Å²) in [6.45, 7) is 0.874. The number of aliphatic hydroxyl groups is 1. The van der Waals surface area contributed by atoms with Gasteiger partial charge in [-0.25, -0.2) is 0 Å². The average Bonchev–Trinajstić information content (AvgIpc) is 2.37. The molecule has 1 aromatic rings. The van der Waals surface area contributed by atoms with Gasteiger partial charge in [0.1, 0.15) is 11.9 Å². The third-order valence-corrected chi connectivity index (χ3v) is 4.10. The summed E-state index contributed by atoms with van der Waals surface area (Å²) in [7, 11) is 0. The molecule has 1 saturated heterocycles. The molecular formula is C15H20O3. The van der Waals surface area contributed by atoms with Gasteiger partial charge in [0.2, 0.25) is 0 Å². The van der Waals surface area contributed by atoms with Crippen LogP contribution in [0.2, 0.25) is 0 Å². The minimum absolute atomic E-state index is 0.0644. The van der Waals surface area contributed by atoms with Crippen molar-refractivity contribution in [2.24, 2.45) is 0 Å². The van der Waals surface area contributed by atoms with Crippen LogP contribution in [-0.4, -0.2) is 23.4 Å². The minimum Gasteiger partial charge on any atom is -0.490 e. The van der Waals surface area contributed by atoms with Crippen LogP contribution in [0.4, 0.5) is 0 Å². The molecule has 1 spiro atoms. The van der Waals surface area contributed by atoms with Gasteiger partial charge in [0.15, 0.2) is 0 Å². The molecule has 0 aromatic heterocycles. The fourth-order valence-electron chi connectivity index (χ4n) is 2.91. The quantitative estimate of drug-likeness (QED) is 0.893. The van der Waals surface area contributed by atoms with E-state index < -0.39 is 0 Å². The van der Waals surface area contributed by atoms with Gasteiger partial charge in [-0.1, -0.05) is 12.1 Å². The fourth-order valence-corrected chi connectivity index (χ4v) is 2.91. The van der Waals surface area contributed by atoms with Crippen LogP contribution in [0, 0.1) is 0 Å². The number of hydrogen-bond donors (Lipinski definition) is 1. The summed E-state index contributed by atoms with van der Waals surface area (Å²) in [5.41, 5.74) is 1.02. The molecule has 3 nitrogen and oxygen atoms in total. The Bertz CT molecular complexity index is 412. The van der Waals surface area contributed by atoms with Crippen molar-refractivity contribution in [2.45, 2.75) is 50.4 Å². The smallest absolute Gasteiger partial charge is 0.120 e. The van der Waals surface area contributed by atoms with Crippen molar-refractivity contribution in [2.75, 3.05) is 6.61 Å². The molecule has 2 aliphatic rings. The molecule has 98 valence electrons. The number of benzene rings is 1. The van der Waals surface area contributed by atoms with Crippen LogP contribution in [0.25, 0.3) is 0 Å². The van der Waals surface area contributed by atoms with Crippen LogP contribution in [-0.2, 0) is 11.3 Å². The van der Waals surface area contributed by atoms with Crippen molar-refractivity contribution in [3.8, 4) is 5.75 Å². The molecule has 1 unspecified atom stereocenters. The molecule has 1 atom stereocenters. The molecular weight excluding hydrogens is 228 g/mol. The second kappa shape index (κ2) is 4.90. The van der Waals surface area contributed by atoms with E-state index in [0.29, 0.717) is 0 Å². The molecule has 1 aliphatic heterocycles. The minimum atomic E-state index is 0.0644. The Balaban J connectivity index is 1.64. The second-order valence-electron chi connectivity index (χ2n) is 5.42. The van der Waals surface area contributed by atoms with Gasteiger partial charge >= 0.3 is 0 Å². The monoisotopic (exact) mass is 248 g/mol. The highest BCUT2D eigenvalue weighted by molar-refractivity contribution is 5.28. The van der Waals surface area contributed by atoms with E-state index in [2.05, 4.69) is 0 Å². The van der Waals surface area contributed by atoms with Crippen LogP contribution in [0.15, 0.2) is 24.3 Å². The lowest BCUT2D eigenvalue weighted by molar-refractivity contribution is -0.153. The van der Waals surface area contributed by atoms with Crippen molar-refractivity contribution >= 4 is 0 Å². The van der Waals surface area contributed by atoms with E-state index in [0.717, 1.165) is 30.8 Å². The van der Waals surface area contributed by atoms with E-state index in [9.17, 15) is 0 Å². The van der Waals surface area contributed by atoms with E-state index in [1.807, 2.05) is 24.3 Å². The molecule has 0 amide bonds. The van der Waals surface area contributed by atoms with Crippen LogP contribution < -0.4 is 4.74 Å². The van der Waals surface area contributed by atoms with Crippen molar-refractivity contribution in [3.63, 3.8) is 0 Å². The topological polar surface area (TPSA) is 38.7 Å². The first-order chi connectivity index (χ1) is 8.80. The van der Waals surface area contributed by atoms with E-state index in [1.165, 1.54) is 19.3 Å². The second-order valence-corrected chi connectivity index (χ2v) is 5.42.